The van der Waals surface area contributed by atoms with Crippen molar-refractivity contribution in [1.82, 2.24) is 24.8 Å². The Balaban J connectivity index is 1.92. The summed E-state index contributed by atoms with van der Waals surface area (Å²) in [5, 5.41) is 2.48. The number of nitrogen functional groups attached to an aromatic ring is 1. The predicted octanol–water partition coefficient (Wildman–Crippen LogP) is 1.20. The number of hydrogen-bond acceptors (Lipinski definition) is 6. The summed E-state index contributed by atoms with van der Waals surface area (Å²) in [7, 11) is 1.52. The highest BCUT2D eigenvalue weighted by Gasteiger charge is 2.10. The van der Waals surface area contributed by atoms with Gasteiger partial charge in [0.05, 0.1) is 12.9 Å². The average molecular weight is 299 g/mol. The van der Waals surface area contributed by atoms with Gasteiger partial charge >= 0.3 is 6.09 Å². The molecular formula is C11H15ClN6O2. The third kappa shape index (κ3) is 3.27. The Kier molecular flexibility index (Phi) is 4.57. The zero-order valence-corrected chi connectivity index (χ0v) is 11.7. The van der Waals surface area contributed by atoms with Crippen LogP contribution in [0.25, 0.3) is 11.2 Å². The number of unbranched alkanes of at least 4 members (excludes halogenated alkanes) is 1. The molecule has 0 aliphatic rings. The maximum Gasteiger partial charge on any atom is 0.406 e. The Morgan fingerprint density at radius 3 is 3.05 bits per heavy atom. The van der Waals surface area contributed by atoms with Crippen LogP contribution in [0.3, 0.4) is 0 Å². The highest BCUT2D eigenvalue weighted by atomic mass is 35.5. The van der Waals surface area contributed by atoms with Crippen molar-refractivity contribution < 1.29 is 9.53 Å². The van der Waals surface area contributed by atoms with Crippen LogP contribution in [0, 0.1) is 0 Å². The maximum atomic E-state index is 10.9. The molecule has 0 aliphatic carbocycles. The number of halogens is 1. The molecule has 0 radical (unpaired) electrons. The lowest BCUT2D eigenvalue weighted by atomic mass is 10.3. The molecule has 2 heterocycles. The quantitative estimate of drug-likeness (QED) is 0.634. The molecule has 0 atom stereocenters. The summed E-state index contributed by atoms with van der Waals surface area (Å²) < 4.78 is 6.74. The largest absolute Gasteiger partial charge is 0.450 e. The Morgan fingerprint density at radius 1 is 1.50 bits per heavy atom. The van der Waals surface area contributed by atoms with Gasteiger partial charge in [-0.15, -0.1) is 0 Å². The van der Waals surface area contributed by atoms with Crippen LogP contribution < -0.4 is 11.1 Å². The number of hydrogen-bond donors (Lipinski definition) is 2. The zero-order valence-electron chi connectivity index (χ0n) is 11.0. The molecule has 0 saturated heterocycles. The summed E-state index contributed by atoms with van der Waals surface area (Å²) in [4.78, 5) is 23.0. The van der Waals surface area contributed by atoms with Crippen molar-refractivity contribution in [3.63, 3.8) is 0 Å². The van der Waals surface area contributed by atoms with Crippen molar-refractivity contribution in [3.8, 4) is 0 Å². The Labute approximate surface area is 120 Å². The van der Waals surface area contributed by atoms with E-state index in [9.17, 15) is 4.79 Å². The number of aryl methyl sites for hydroxylation is 1. The fourth-order valence-corrected chi connectivity index (χ4v) is 1.89. The molecule has 0 unspecified atom stereocenters. The van der Waals surface area contributed by atoms with E-state index in [2.05, 4.69) is 20.3 Å². The van der Waals surface area contributed by atoms with E-state index in [1.807, 2.05) is 4.57 Å². The fraction of sp³-hybridized carbons (Fsp3) is 0.455. The van der Waals surface area contributed by atoms with Crippen LogP contribution in [0.1, 0.15) is 12.8 Å². The minimum absolute atomic E-state index is 0.0969. The highest BCUT2D eigenvalue weighted by molar-refractivity contribution is 6.28. The van der Waals surface area contributed by atoms with E-state index in [0.29, 0.717) is 24.3 Å². The first-order valence-electron chi connectivity index (χ1n) is 6.10. The summed E-state index contributed by atoms with van der Waals surface area (Å²) in [6.45, 7) is 1.05. The number of imidazole rings is 1. The molecule has 0 aromatic carbocycles. The van der Waals surface area contributed by atoms with Gasteiger partial charge in [-0.05, 0) is 24.4 Å². The molecule has 8 nitrogen and oxygen atoms in total. The van der Waals surface area contributed by atoms with Crippen molar-refractivity contribution in [3.05, 3.63) is 11.6 Å². The summed E-state index contributed by atoms with van der Waals surface area (Å²) in [6.07, 6.45) is 2.77. The van der Waals surface area contributed by atoms with Crippen LogP contribution in [0.5, 0.6) is 0 Å². The molecule has 9 heteroatoms. The van der Waals surface area contributed by atoms with E-state index < -0.39 is 6.09 Å². The lowest BCUT2D eigenvalue weighted by Gasteiger charge is -2.05. The van der Waals surface area contributed by atoms with Gasteiger partial charge in [0, 0.05) is 13.6 Å². The second-order valence-corrected chi connectivity index (χ2v) is 4.42. The smallest absolute Gasteiger partial charge is 0.406 e. The van der Waals surface area contributed by atoms with Gasteiger partial charge in [0.15, 0.2) is 11.5 Å². The topological polar surface area (TPSA) is 108 Å². The normalized spacial score (nSPS) is 10.7. The molecule has 3 N–H and O–H groups in total. The lowest BCUT2D eigenvalue weighted by molar-refractivity contribution is 0.146. The van der Waals surface area contributed by atoms with E-state index in [-0.39, 0.29) is 11.1 Å². The van der Waals surface area contributed by atoms with E-state index in [1.165, 1.54) is 7.05 Å². The van der Waals surface area contributed by atoms with Crippen molar-refractivity contribution in [2.75, 3.05) is 19.4 Å². The fourth-order valence-electron chi connectivity index (χ4n) is 1.72. The Morgan fingerprint density at radius 2 is 2.30 bits per heavy atom. The van der Waals surface area contributed by atoms with E-state index in [0.717, 1.165) is 12.8 Å². The van der Waals surface area contributed by atoms with Gasteiger partial charge in [0.25, 0.3) is 0 Å². The first-order valence-corrected chi connectivity index (χ1v) is 6.48. The van der Waals surface area contributed by atoms with Gasteiger partial charge < -0.3 is 20.4 Å². The number of nitrogens with two attached hydrogens (primary N) is 1. The number of rotatable bonds is 5. The number of alkyl carbamates (subject to hydrolysis) is 1. The van der Waals surface area contributed by atoms with Gasteiger partial charge in [-0.3, -0.25) is 0 Å². The van der Waals surface area contributed by atoms with Gasteiger partial charge in [-0.2, -0.15) is 9.97 Å². The number of anilines is 1. The van der Waals surface area contributed by atoms with E-state index in [1.54, 1.807) is 6.33 Å². The Bertz CT molecular complexity index is 614. The molecular weight excluding hydrogens is 284 g/mol. The number of aromatic nitrogens is 4. The number of carbonyl (C=O) groups excluding carboxylic acids is 1. The van der Waals surface area contributed by atoms with Crippen LogP contribution in [-0.4, -0.2) is 39.3 Å². The zero-order chi connectivity index (χ0) is 14.5. The van der Waals surface area contributed by atoms with Gasteiger partial charge in [0.1, 0.15) is 5.52 Å². The molecule has 2 aromatic rings. The van der Waals surface area contributed by atoms with Crippen LogP contribution in [-0.2, 0) is 11.3 Å². The lowest BCUT2D eigenvalue weighted by Crippen LogP contribution is -2.19. The molecule has 20 heavy (non-hydrogen) atoms. The molecule has 1 amide bonds. The molecule has 2 aromatic heterocycles. The van der Waals surface area contributed by atoms with Crippen molar-refractivity contribution in [1.29, 1.82) is 0 Å². The molecule has 0 saturated carbocycles. The first kappa shape index (κ1) is 14.3. The number of nitrogens with one attached hydrogen (secondary N) is 1. The first-order chi connectivity index (χ1) is 9.61. The molecule has 0 spiro atoms. The van der Waals surface area contributed by atoms with E-state index >= 15 is 0 Å². The molecule has 108 valence electrons. The molecule has 0 fully saturated rings. The number of amides is 1. The summed E-state index contributed by atoms with van der Waals surface area (Å²) in [5.41, 5.74) is 6.86. The number of fused-ring (bicyclic) bond motifs is 1. The summed E-state index contributed by atoms with van der Waals surface area (Å²) in [5.74, 6) is 0.265. The molecule has 2 rings (SSSR count). The van der Waals surface area contributed by atoms with Gasteiger partial charge in [0.2, 0.25) is 5.28 Å². The van der Waals surface area contributed by atoms with Crippen LogP contribution in [0.4, 0.5) is 10.6 Å². The number of carbonyl (C=O) groups is 1. The highest BCUT2D eigenvalue weighted by Crippen LogP contribution is 2.18. The Hall–Kier alpha value is -2.09. The summed E-state index contributed by atoms with van der Waals surface area (Å²) in [6, 6.07) is 0. The summed E-state index contributed by atoms with van der Waals surface area (Å²) >= 11 is 5.78. The van der Waals surface area contributed by atoms with Crippen LogP contribution in [0.2, 0.25) is 5.28 Å². The molecule has 0 aliphatic heterocycles. The third-order valence-corrected chi connectivity index (χ3v) is 2.86. The minimum atomic E-state index is -0.426. The molecule has 0 bridgehead atoms. The third-order valence-electron chi connectivity index (χ3n) is 2.69. The average Bonchev–Trinajstić information content (AvgIpc) is 2.81. The van der Waals surface area contributed by atoms with Crippen molar-refractivity contribution >= 4 is 34.7 Å². The van der Waals surface area contributed by atoms with Crippen LogP contribution >= 0.6 is 11.6 Å². The van der Waals surface area contributed by atoms with Gasteiger partial charge in [-0.25, -0.2) is 9.78 Å². The van der Waals surface area contributed by atoms with Crippen molar-refractivity contribution in [2.45, 2.75) is 19.4 Å². The number of ether oxygens (including phenoxy) is 1. The SMILES string of the molecule is CNC(=O)OCCCCn1cnc2c(N)nc(Cl)nc21. The number of nitrogens with zero attached hydrogens (tertiary/aromatic N) is 4. The monoisotopic (exact) mass is 298 g/mol. The standard InChI is InChI=1S/C11H15ClN6O2/c1-14-11(19)20-5-3-2-4-18-6-15-7-8(13)16-10(12)17-9(7)18/h6H,2-5H2,1H3,(H,14,19)(H2,13,16,17). The maximum absolute atomic E-state index is 10.9. The van der Waals surface area contributed by atoms with E-state index in [4.69, 9.17) is 22.1 Å². The van der Waals surface area contributed by atoms with Crippen LogP contribution in [0.15, 0.2) is 6.33 Å². The second kappa shape index (κ2) is 6.38. The minimum Gasteiger partial charge on any atom is -0.450 e. The van der Waals surface area contributed by atoms with Crippen molar-refractivity contribution in [2.24, 2.45) is 0 Å². The van der Waals surface area contributed by atoms with Gasteiger partial charge in [-0.1, -0.05) is 0 Å². The second-order valence-electron chi connectivity index (χ2n) is 4.08. The predicted molar refractivity (Wildman–Crippen MR) is 74.4 cm³/mol.